The van der Waals surface area contributed by atoms with Crippen LogP contribution in [-0.2, 0) is 10.0 Å². The first kappa shape index (κ1) is 17.4. The molecule has 8 heteroatoms. The summed E-state index contributed by atoms with van der Waals surface area (Å²) in [5, 5.41) is 13.6. The number of rotatable bonds is 7. The molecule has 0 spiro atoms. The Morgan fingerprint density at radius 3 is 2.38 bits per heavy atom. The highest BCUT2D eigenvalue weighted by atomic mass is 32.2. The molecule has 0 saturated carbocycles. The van der Waals surface area contributed by atoms with Gasteiger partial charge in [-0.15, -0.1) is 0 Å². The standard InChI is InChI=1S/C13H21N3O4S/c1-5-11(9(2)3)15-21(19,20)13-8-10(16(17)18)6-7-12(13)14-4/h6-9,11,14-15H,5H2,1-4H3. The van der Waals surface area contributed by atoms with E-state index in [0.717, 1.165) is 6.07 Å². The van der Waals surface area contributed by atoms with Crippen LogP contribution in [0.1, 0.15) is 27.2 Å². The van der Waals surface area contributed by atoms with Gasteiger partial charge in [0.2, 0.25) is 10.0 Å². The molecule has 0 fully saturated rings. The van der Waals surface area contributed by atoms with E-state index in [1.165, 1.54) is 12.1 Å². The smallest absolute Gasteiger partial charge is 0.270 e. The Morgan fingerprint density at radius 1 is 1.33 bits per heavy atom. The fourth-order valence-electron chi connectivity index (χ4n) is 2.01. The summed E-state index contributed by atoms with van der Waals surface area (Å²) >= 11 is 0. The van der Waals surface area contributed by atoms with Crippen LogP contribution >= 0.6 is 0 Å². The van der Waals surface area contributed by atoms with Crippen molar-refractivity contribution in [2.24, 2.45) is 5.92 Å². The average Bonchev–Trinajstić information content (AvgIpc) is 2.43. The third-order valence-electron chi connectivity index (χ3n) is 3.29. The lowest BCUT2D eigenvalue weighted by Crippen LogP contribution is -2.38. The lowest BCUT2D eigenvalue weighted by molar-refractivity contribution is -0.385. The summed E-state index contributed by atoms with van der Waals surface area (Å²) in [5.74, 6) is 0.126. The molecule has 118 valence electrons. The number of hydrogen-bond acceptors (Lipinski definition) is 5. The molecule has 0 radical (unpaired) electrons. The van der Waals surface area contributed by atoms with Gasteiger partial charge >= 0.3 is 0 Å². The van der Waals surface area contributed by atoms with Crippen LogP contribution in [0, 0.1) is 16.0 Å². The van der Waals surface area contributed by atoms with Gasteiger partial charge in [0.15, 0.2) is 0 Å². The van der Waals surface area contributed by atoms with Crippen molar-refractivity contribution in [2.45, 2.75) is 38.1 Å². The van der Waals surface area contributed by atoms with Crippen LogP contribution in [0.2, 0.25) is 0 Å². The van der Waals surface area contributed by atoms with Gasteiger partial charge in [0.1, 0.15) is 4.90 Å². The van der Waals surface area contributed by atoms with Gasteiger partial charge in [-0.05, 0) is 18.4 Å². The molecular weight excluding hydrogens is 294 g/mol. The third-order valence-corrected chi connectivity index (χ3v) is 4.82. The molecule has 21 heavy (non-hydrogen) atoms. The second-order valence-electron chi connectivity index (χ2n) is 5.07. The third kappa shape index (κ3) is 4.15. The number of nitro benzene ring substituents is 1. The van der Waals surface area contributed by atoms with Crippen LogP contribution in [0.3, 0.4) is 0 Å². The van der Waals surface area contributed by atoms with E-state index in [0.29, 0.717) is 12.1 Å². The number of nitro groups is 1. The zero-order valence-electron chi connectivity index (χ0n) is 12.6. The van der Waals surface area contributed by atoms with E-state index in [9.17, 15) is 18.5 Å². The van der Waals surface area contributed by atoms with E-state index >= 15 is 0 Å². The van der Waals surface area contributed by atoms with Crippen molar-refractivity contribution in [3.63, 3.8) is 0 Å². The van der Waals surface area contributed by atoms with Crippen molar-refractivity contribution in [3.8, 4) is 0 Å². The van der Waals surface area contributed by atoms with Gasteiger partial charge in [-0.2, -0.15) is 0 Å². The van der Waals surface area contributed by atoms with Gasteiger partial charge < -0.3 is 5.32 Å². The highest BCUT2D eigenvalue weighted by molar-refractivity contribution is 7.89. The quantitative estimate of drug-likeness (QED) is 0.594. The Kier molecular flexibility index (Phi) is 5.68. The van der Waals surface area contributed by atoms with Crippen LogP contribution in [0.15, 0.2) is 23.1 Å². The number of benzene rings is 1. The highest BCUT2D eigenvalue weighted by Gasteiger charge is 2.25. The SMILES string of the molecule is CCC(NS(=O)(=O)c1cc([N+](=O)[O-])ccc1NC)C(C)C. The molecule has 2 N–H and O–H groups in total. The van der Waals surface area contributed by atoms with E-state index < -0.39 is 14.9 Å². The molecular formula is C13H21N3O4S. The highest BCUT2D eigenvalue weighted by Crippen LogP contribution is 2.26. The Morgan fingerprint density at radius 2 is 1.95 bits per heavy atom. The molecule has 0 heterocycles. The van der Waals surface area contributed by atoms with Crippen LogP contribution in [0.4, 0.5) is 11.4 Å². The fraction of sp³-hybridized carbons (Fsp3) is 0.538. The maximum absolute atomic E-state index is 12.5. The molecule has 0 bridgehead atoms. The predicted octanol–water partition coefficient (Wildman–Crippen LogP) is 2.35. The van der Waals surface area contributed by atoms with Gasteiger partial charge in [0.25, 0.3) is 5.69 Å². The number of hydrogen-bond donors (Lipinski definition) is 2. The zero-order valence-corrected chi connectivity index (χ0v) is 13.4. The maximum Gasteiger partial charge on any atom is 0.270 e. The van der Waals surface area contributed by atoms with Crippen molar-refractivity contribution in [3.05, 3.63) is 28.3 Å². The molecule has 0 aliphatic rings. The Hall–Kier alpha value is -1.67. The van der Waals surface area contributed by atoms with Crippen molar-refractivity contribution < 1.29 is 13.3 Å². The van der Waals surface area contributed by atoms with Crippen molar-refractivity contribution >= 4 is 21.4 Å². The summed E-state index contributed by atoms with van der Waals surface area (Å²) in [6.45, 7) is 5.73. The first-order chi connectivity index (χ1) is 9.72. The van der Waals surface area contributed by atoms with E-state index in [-0.39, 0.29) is 22.5 Å². The molecule has 1 aromatic carbocycles. The molecule has 1 aromatic rings. The van der Waals surface area contributed by atoms with Gasteiger partial charge in [-0.1, -0.05) is 20.8 Å². The predicted molar refractivity (Wildman–Crippen MR) is 81.9 cm³/mol. The molecule has 0 saturated heterocycles. The first-order valence-corrected chi connectivity index (χ1v) is 8.19. The number of nitrogens with one attached hydrogen (secondary N) is 2. The van der Waals surface area contributed by atoms with Gasteiger partial charge in [0.05, 0.1) is 10.6 Å². The monoisotopic (exact) mass is 315 g/mol. The van der Waals surface area contributed by atoms with Gasteiger partial charge in [0, 0.05) is 25.2 Å². The van der Waals surface area contributed by atoms with Crippen molar-refractivity contribution in [1.29, 1.82) is 0 Å². The topological polar surface area (TPSA) is 101 Å². The number of anilines is 1. The van der Waals surface area contributed by atoms with Crippen molar-refractivity contribution in [1.82, 2.24) is 4.72 Å². The van der Waals surface area contributed by atoms with E-state index in [4.69, 9.17) is 0 Å². The minimum absolute atomic E-state index is 0.113. The summed E-state index contributed by atoms with van der Waals surface area (Å²) in [6.07, 6.45) is 0.640. The van der Waals surface area contributed by atoms with E-state index in [2.05, 4.69) is 10.0 Å². The van der Waals surface area contributed by atoms with Crippen LogP contribution in [0.5, 0.6) is 0 Å². The summed E-state index contributed by atoms with van der Waals surface area (Å²) in [6, 6.07) is 3.51. The molecule has 0 aromatic heterocycles. The molecule has 1 rings (SSSR count). The Bertz CT molecular complexity index is 614. The molecule has 7 nitrogen and oxygen atoms in total. The molecule has 1 atom stereocenters. The van der Waals surface area contributed by atoms with Gasteiger partial charge in [-0.3, -0.25) is 10.1 Å². The second-order valence-corrected chi connectivity index (χ2v) is 6.75. The Balaban J connectivity index is 3.29. The lowest BCUT2D eigenvalue weighted by atomic mass is 10.0. The number of sulfonamides is 1. The van der Waals surface area contributed by atoms with E-state index in [1.807, 2.05) is 20.8 Å². The van der Waals surface area contributed by atoms with E-state index in [1.54, 1.807) is 7.05 Å². The lowest BCUT2D eigenvalue weighted by Gasteiger charge is -2.21. The minimum atomic E-state index is -3.83. The van der Waals surface area contributed by atoms with Crippen LogP contribution in [0.25, 0.3) is 0 Å². The van der Waals surface area contributed by atoms with Crippen molar-refractivity contribution in [2.75, 3.05) is 12.4 Å². The Labute approximate surface area is 124 Å². The number of nitrogens with zero attached hydrogens (tertiary/aromatic N) is 1. The normalized spacial score (nSPS) is 13.2. The maximum atomic E-state index is 12.5. The zero-order chi connectivity index (χ0) is 16.2. The van der Waals surface area contributed by atoms with Gasteiger partial charge in [-0.25, -0.2) is 13.1 Å². The fourth-order valence-corrected chi connectivity index (χ4v) is 3.71. The summed E-state index contributed by atoms with van der Waals surface area (Å²) < 4.78 is 27.6. The molecule has 0 aliphatic carbocycles. The molecule has 0 amide bonds. The average molecular weight is 315 g/mol. The molecule has 0 aliphatic heterocycles. The summed E-state index contributed by atoms with van der Waals surface area (Å²) in [7, 11) is -2.26. The first-order valence-electron chi connectivity index (χ1n) is 6.71. The summed E-state index contributed by atoms with van der Waals surface area (Å²) in [4.78, 5) is 10.1. The summed E-state index contributed by atoms with van der Waals surface area (Å²) in [5.41, 5.74) is 0.0682. The van der Waals surface area contributed by atoms with Crippen LogP contribution in [-0.4, -0.2) is 26.4 Å². The number of non-ortho nitro benzene ring substituents is 1. The second kappa shape index (κ2) is 6.86. The molecule has 1 unspecified atom stereocenters. The van der Waals surface area contributed by atoms with Crippen LogP contribution < -0.4 is 10.0 Å². The largest absolute Gasteiger partial charge is 0.387 e. The minimum Gasteiger partial charge on any atom is -0.387 e.